The summed E-state index contributed by atoms with van der Waals surface area (Å²) in [6.07, 6.45) is 0. The minimum atomic E-state index is -1.12. The summed E-state index contributed by atoms with van der Waals surface area (Å²) < 4.78 is 0. The van der Waals surface area contributed by atoms with Crippen LogP contribution in [-0.4, -0.2) is 78.7 Å². The second kappa shape index (κ2) is 9.43. The molecule has 1 saturated heterocycles. The van der Waals surface area contributed by atoms with Crippen LogP contribution >= 0.6 is 11.8 Å². The van der Waals surface area contributed by atoms with Crippen LogP contribution in [0.15, 0.2) is 0 Å². The number of thioether (sulfide) groups is 1. The molecule has 0 saturated carbocycles. The standard InChI is InChI=1S/C11H20N4O4S/c16-9(13-8-10(17)18)7-14-11(19)12-1-2-15-3-5-20-6-4-15/h1-8H2,(H,13,16)(H,17,18)(H2,12,14,19). The highest BCUT2D eigenvalue weighted by Crippen LogP contribution is 2.07. The van der Waals surface area contributed by atoms with Crippen molar-refractivity contribution in [1.82, 2.24) is 20.9 Å². The van der Waals surface area contributed by atoms with Gasteiger partial charge in [0.05, 0.1) is 6.54 Å². The minimum absolute atomic E-state index is 0.237. The van der Waals surface area contributed by atoms with Crippen molar-refractivity contribution in [2.75, 3.05) is 50.8 Å². The Labute approximate surface area is 121 Å². The van der Waals surface area contributed by atoms with Gasteiger partial charge in [0.1, 0.15) is 6.54 Å². The molecule has 20 heavy (non-hydrogen) atoms. The van der Waals surface area contributed by atoms with Gasteiger partial charge >= 0.3 is 12.0 Å². The largest absolute Gasteiger partial charge is 0.480 e. The number of nitrogens with zero attached hydrogens (tertiary/aromatic N) is 1. The molecule has 0 bridgehead atoms. The summed E-state index contributed by atoms with van der Waals surface area (Å²) in [6, 6.07) is -0.429. The first-order chi connectivity index (χ1) is 9.58. The average Bonchev–Trinajstić information content (AvgIpc) is 2.44. The van der Waals surface area contributed by atoms with E-state index in [9.17, 15) is 14.4 Å². The Morgan fingerprint density at radius 1 is 1.05 bits per heavy atom. The van der Waals surface area contributed by atoms with E-state index in [-0.39, 0.29) is 6.54 Å². The molecule has 0 aromatic carbocycles. The van der Waals surface area contributed by atoms with Gasteiger partial charge in [-0.1, -0.05) is 0 Å². The number of nitrogens with one attached hydrogen (secondary N) is 3. The lowest BCUT2D eigenvalue weighted by molar-refractivity contribution is -0.137. The third kappa shape index (κ3) is 7.85. The fourth-order valence-corrected chi connectivity index (χ4v) is 2.59. The average molecular weight is 304 g/mol. The second-order valence-electron chi connectivity index (χ2n) is 4.23. The third-order valence-corrected chi connectivity index (χ3v) is 3.61. The van der Waals surface area contributed by atoms with E-state index >= 15 is 0 Å². The third-order valence-electron chi connectivity index (χ3n) is 2.66. The van der Waals surface area contributed by atoms with Crippen molar-refractivity contribution in [2.24, 2.45) is 0 Å². The lowest BCUT2D eigenvalue weighted by atomic mass is 10.4. The van der Waals surface area contributed by atoms with Crippen molar-refractivity contribution >= 4 is 29.7 Å². The van der Waals surface area contributed by atoms with Gasteiger partial charge < -0.3 is 21.1 Å². The molecular formula is C11H20N4O4S. The molecule has 1 fully saturated rings. The molecule has 0 aliphatic carbocycles. The van der Waals surface area contributed by atoms with Crippen LogP contribution in [0, 0.1) is 0 Å². The van der Waals surface area contributed by atoms with Gasteiger partial charge in [-0.25, -0.2) is 4.79 Å². The molecule has 0 unspecified atom stereocenters. The van der Waals surface area contributed by atoms with E-state index in [4.69, 9.17) is 5.11 Å². The summed E-state index contributed by atoms with van der Waals surface area (Å²) in [5, 5.41) is 15.5. The van der Waals surface area contributed by atoms with E-state index in [1.807, 2.05) is 11.8 Å². The summed E-state index contributed by atoms with van der Waals surface area (Å²) >= 11 is 1.93. The van der Waals surface area contributed by atoms with E-state index in [1.165, 1.54) is 0 Å². The van der Waals surface area contributed by atoms with E-state index in [0.717, 1.165) is 31.1 Å². The van der Waals surface area contributed by atoms with Gasteiger partial charge in [-0.15, -0.1) is 0 Å². The fraction of sp³-hybridized carbons (Fsp3) is 0.727. The van der Waals surface area contributed by atoms with Crippen LogP contribution in [0.5, 0.6) is 0 Å². The van der Waals surface area contributed by atoms with E-state index in [2.05, 4.69) is 20.9 Å². The van der Waals surface area contributed by atoms with Crippen LogP contribution in [0.3, 0.4) is 0 Å². The molecule has 1 aliphatic rings. The van der Waals surface area contributed by atoms with Gasteiger partial charge in [0.15, 0.2) is 0 Å². The molecule has 0 aromatic rings. The molecule has 0 atom stereocenters. The number of urea groups is 1. The number of hydrogen-bond acceptors (Lipinski definition) is 5. The zero-order valence-corrected chi connectivity index (χ0v) is 12.0. The van der Waals surface area contributed by atoms with Gasteiger partial charge in [0.25, 0.3) is 0 Å². The molecule has 114 valence electrons. The number of carbonyl (C=O) groups excluding carboxylic acids is 2. The number of rotatable bonds is 7. The Morgan fingerprint density at radius 3 is 2.40 bits per heavy atom. The predicted molar refractivity (Wildman–Crippen MR) is 75.8 cm³/mol. The Bertz CT molecular complexity index is 347. The van der Waals surface area contributed by atoms with Crippen molar-refractivity contribution in [1.29, 1.82) is 0 Å². The van der Waals surface area contributed by atoms with Gasteiger partial charge in [0, 0.05) is 37.7 Å². The lowest BCUT2D eigenvalue weighted by Crippen LogP contribution is -2.45. The first-order valence-corrected chi connectivity index (χ1v) is 7.53. The molecule has 3 amide bonds. The molecule has 4 N–H and O–H groups in total. The van der Waals surface area contributed by atoms with E-state index < -0.39 is 24.5 Å². The maximum atomic E-state index is 11.4. The Hall–Kier alpha value is -1.48. The van der Waals surface area contributed by atoms with Crippen LogP contribution in [-0.2, 0) is 9.59 Å². The molecule has 0 spiro atoms. The molecular weight excluding hydrogens is 284 g/mol. The Morgan fingerprint density at radius 2 is 1.75 bits per heavy atom. The second-order valence-corrected chi connectivity index (χ2v) is 5.46. The predicted octanol–water partition coefficient (Wildman–Crippen LogP) is -1.46. The number of carboxylic acid groups (broad SMARTS) is 1. The van der Waals surface area contributed by atoms with E-state index in [1.54, 1.807) is 0 Å². The molecule has 8 nitrogen and oxygen atoms in total. The maximum absolute atomic E-state index is 11.4. The monoisotopic (exact) mass is 304 g/mol. The summed E-state index contributed by atoms with van der Waals surface area (Å²) in [5.74, 6) is 0.587. The van der Waals surface area contributed by atoms with Crippen molar-refractivity contribution in [3.05, 3.63) is 0 Å². The highest BCUT2D eigenvalue weighted by Gasteiger charge is 2.10. The van der Waals surface area contributed by atoms with Gasteiger partial charge in [-0.3, -0.25) is 14.5 Å². The number of carboxylic acids is 1. The number of carbonyl (C=O) groups is 3. The zero-order chi connectivity index (χ0) is 14.8. The molecule has 1 rings (SSSR count). The molecule has 0 aromatic heterocycles. The quantitative estimate of drug-likeness (QED) is 0.457. The van der Waals surface area contributed by atoms with Crippen molar-refractivity contribution in [3.8, 4) is 0 Å². The Kier molecular flexibility index (Phi) is 7.81. The fourth-order valence-electron chi connectivity index (χ4n) is 1.61. The number of hydrogen-bond donors (Lipinski definition) is 4. The van der Waals surface area contributed by atoms with Gasteiger partial charge in [-0.2, -0.15) is 11.8 Å². The SMILES string of the molecule is O=C(O)CNC(=O)CNC(=O)NCCN1CCSCC1. The number of amides is 3. The zero-order valence-electron chi connectivity index (χ0n) is 11.2. The first kappa shape index (κ1) is 16.6. The van der Waals surface area contributed by atoms with Crippen LogP contribution in [0.25, 0.3) is 0 Å². The minimum Gasteiger partial charge on any atom is -0.480 e. The van der Waals surface area contributed by atoms with Gasteiger partial charge in [0.2, 0.25) is 5.91 Å². The smallest absolute Gasteiger partial charge is 0.322 e. The maximum Gasteiger partial charge on any atom is 0.322 e. The summed E-state index contributed by atoms with van der Waals surface area (Å²) in [5.41, 5.74) is 0. The van der Waals surface area contributed by atoms with Crippen LogP contribution in [0.2, 0.25) is 0 Å². The van der Waals surface area contributed by atoms with Crippen LogP contribution < -0.4 is 16.0 Å². The summed E-state index contributed by atoms with van der Waals surface area (Å²) in [4.78, 5) is 35.0. The van der Waals surface area contributed by atoms with Gasteiger partial charge in [-0.05, 0) is 0 Å². The highest BCUT2D eigenvalue weighted by molar-refractivity contribution is 7.99. The summed E-state index contributed by atoms with van der Waals surface area (Å²) in [7, 11) is 0. The molecule has 1 aliphatic heterocycles. The van der Waals surface area contributed by atoms with Crippen molar-refractivity contribution < 1.29 is 19.5 Å². The lowest BCUT2D eigenvalue weighted by Gasteiger charge is -2.25. The highest BCUT2D eigenvalue weighted by atomic mass is 32.2. The first-order valence-electron chi connectivity index (χ1n) is 6.38. The topological polar surface area (TPSA) is 111 Å². The van der Waals surface area contributed by atoms with E-state index in [0.29, 0.717) is 6.54 Å². The van der Waals surface area contributed by atoms with Crippen molar-refractivity contribution in [3.63, 3.8) is 0 Å². The molecule has 0 radical (unpaired) electrons. The van der Waals surface area contributed by atoms with Crippen LogP contribution in [0.4, 0.5) is 4.79 Å². The van der Waals surface area contributed by atoms with Crippen LogP contribution in [0.1, 0.15) is 0 Å². The van der Waals surface area contributed by atoms with Crippen molar-refractivity contribution in [2.45, 2.75) is 0 Å². The normalized spacial score (nSPS) is 15.4. The Balaban J connectivity index is 2.02. The number of aliphatic carboxylic acids is 1. The molecule has 9 heteroatoms. The summed E-state index contributed by atoms with van der Waals surface area (Å²) in [6.45, 7) is 2.69. The molecule has 1 heterocycles.